The molecule has 0 bridgehead atoms. The van der Waals surface area contributed by atoms with Crippen molar-refractivity contribution in [2.75, 3.05) is 0 Å². The van der Waals surface area contributed by atoms with Gasteiger partial charge in [-0.15, -0.1) is 0 Å². The first kappa shape index (κ1) is 11.9. The average molecular weight is 250 g/mol. The smallest absolute Gasteiger partial charge is 0.137 e. The molecule has 3 nitrogen and oxygen atoms in total. The van der Waals surface area contributed by atoms with Gasteiger partial charge in [-0.25, -0.2) is 4.98 Å². The van der Waals surface area contributed by atoms with E-state index in [1.165, 1.54) is 16.8 Å². The third-order valence-electron chi connectivity index (χ3n) is 3.50. The van der Waals surface area contributed by atoms with E-state index in [4.69, 9.17) is 0 Å². The third kappa shape index (κ3) is 2.12. The van der Waals surface area contributed by atoms with Gasteiger partial charge in [0.2, 0.25) is 0 Å². The minimum absolute atomic E-state index is 0.815. The molecule has 1 radical (unpaired) electrons. The summed E-state index contributed by atoms with van der Waals surface area (Å²) in [4.78, 5) is 8.72. The number of pyridine rings is 2. The standard InChI is InChI=1S/C16H16N3/c1-11-5-7-19-15(13(3)18-16(19)8-11)9-14-10-17-6-4-12(14)2/h4-8H,9H2,1-3H3. The van der Waals surface area contributed by atoms with Crippen molar-refractivity contribution in [2.45, 2.75) is 27.2 Å². The van der Waals surface area contributed by atoms with Crippen LogP contribution in [-0.2, 0) is 6.42 Å². The lowest BCUT2D eigenvalue weighted by Crippen LogP contribution is -1.99. The van der Waals surface area contributed by atoms with Gasteiger partial charge < -0.3 is 4.40 Å². The Kier molecular flexibility index (Phi) is 2.82. The van der Waals surface area contributed by atoms with E-state index in [1.54, 1.807) is 6.20 Å². The third-order valence-corrected chi connectivity index (χ3v) is 3.50. The SMILES string of the molecule is Cc1ccn2c(Cc3[c]nccc3C)c(C)nc2c1. The molecule has 3 aromatic heterocycles. The maximum Gasteiger partial charge on any atom is 0.137 e. The fourth-order valence-electron chi connectivity index (χ4n) is 2.33. The Bertz CT molecular complexity index is 741. The molecule has 95 valence electrons. The van der Waals surface area contributed by atoms with Crippen LogP contribution in [0, 0.1) is 27.0 Å². The van der Waals surface area contributed by atoms with Gasteiger partial charge in [0.1, 0.15) is 5.65 Å². The second kappa shape index (κ2) is 4.50. The first-order valence-electron chi connectivity index (χ1n) is 6.41. The van der Waals surface area contributed by atoms with Crippen LogP contribution in [0.2, 0.25) is 0 Å². The lowest BCUT2D eigenvalue weighted by Gasteiger charge is -2.06. The number of hydrogen-bond donors (Lipinski definition) is 0. The Balaban J connectivity index is 2.10. The molecule has 0 aliphatic rings. The molecule has 0 spiro atoms. The Labute approximate surface area is 113 Å². The van der Waals surface area contributed by atoms with E-state index in [9.17, 15) is 0 Å². The zero-order valence-corrected chi connectivity index (χ0v) is 11.4. The van der Waals surface area contributed by atoms with E-state index in [0.717, 1.165) is 23.3 Å². The van der Waals surface area contributed by atoms with Crippen molar-refractivity contribution in [1.29, 1.82) is 0 Å². The molecular formula is C16H16N3. The molecule has 0 saturated heterocycles. The number of fused-ring (bicyclic) bond motifs is 1. The molecule has 0 N–H and O–H groups in total. The maximum absolute atomic E-state index is 4.63. The summed E-state index contributed by atoms with van der Waals surface area (Å²) >= 11 is 0. The molecule has 3 heterocycles. The van der Waals surface area contributed by atoms with Crippen molar-refractivity contribution in [2.24, 2.45) is 0 Å². The van der Waals surface area contributed by atoms with Gasteiger partial charge in [-0.1, -0.05) is 0 Å². The van der Waals surface area contributed by atoms with Crippen molar-refractivity contribution >= 4 is 5.65 Å². The van der Waals surface area contributed by atoms with Gasteiger partial charge in [0.05, 0.1) is 11.9 Å². The van der Waals surface area contributed by atoms with Gasteiger partial charge in [-0.3, -0.25) is 4.98 Å². The molecule has 3 aromatic rings. The molecule has 19 heavy (non-hydrogen) atoms. The molecule has 0 unspecified atom stereocenters. The Morgan fingerprint density at radius 2 is 2.05 bits per heavy atom. The largest absolute Gasteiger partial charge is 0.303 e. The fraction of sp³-hybridized carbons (Fsp3) is 0.250. The summed E-state index contributed by atoms with van der Waals surface area (Å²) in [5.74, 6) is 0. The highest BCUT2D eigenvalue weighted by atomic mass is 15.0. The van der Waals surface area contributed by atoms with Crippen molar-refractivity contribution in [3.05, 3.63) is 64.9 Å². The topological polar surface area (TPSA) is 30.2 Å². The predicted octanol–water partition coefficient (Wildman–Crippen LogP) is 3.05. The second-order valence-corrected chi connectivity index (χ2v) is 4.97. The number of aryl methyl sites for hydroxylation is 3. The number of aromatic nitrogens is 3. The summed E-state index contributed by atoms with van der Waals surface area (Å²) in [5.41, 5.74) is 6.87. The van der Waals surface area contributed by atoms with Crippen LogP contribution in [0.3, 0.4) is 0 Å². The van der Waals surface area contributed by atoms with Gasteiger partial charge in [0.15, 0.2) is 0 Å². The molecule has 0 saturated carbocycles. The quantitative estimate of drug-likeness (QED) is 0.699. The molecule has 0 fully saturated rings. The van der Waals surface area contributed by atoms with Gasteiger partial charge in [-0.2, -0.15) is 0 Å². The summed E-state index contributed by atoms with van der Waals surface area (Å²) in [6.45, 7) is 6.24. The van der Waals surface area contributed by atoms with Gasteiger partial charge in [0, 0.05) is 24.5 Å². The highest BCUT2D eigenvalue weighted by molar-refractivity contribution is 5.46. The lowest BCUT2D eigenvalue weighted by molar-refractivity contribution is 0.983. The molecule has 0 aromatic carbocycles. The summed E-state index contributed by atoms with van der Waals surface area (Å²) in [5, 5.41) is 0. The number of hydrogen-bond acceptors (Lipinski definition) is 2. The van der Waals surface area contributed by atoms with Crippen molar-refractivity contribution in [3.63, 3.8) is 0 Å². The number of nitrogens with zero attached hydrogens (tertiary/aromatic N) is 3. The average Bonchev–Trinajstić information content (AvgIpc) is 2.68. The monoisotopic (exact) mass is 250 g/mol. The van der Waals surface area contributed by atoms with Crippen LogP contribution in [0.5, 0.6) is 0 Å². The molecule has 0 amide bonds. The zero-order chi connectivity index (χ0) is 13.4. The fourth-order valence-corrected chi connectivity index (χ4v) is 2.33. The van der Waals surface area contributed by atoms with Crippen LogP contribution in [-0.4, -0.2) is 14.4 Å². The molecule has 3 rings (SSSR count). The maximum atomic E-state index is 4.63. The Morgan fingerprint density at radius 1 is 1.21 bits per heavy atom. The van der Waals surface area contributed by atoms with Gasteiger partial charge in [-0.05, 0) is 55.7 Å². The van der Waals surface area contributed by atoms with Crippen LogP contribution < -0.4 is 0 Å². The first-order valence-corrected chi connectivity index (χ1v) is 6.41. The van der Waals surface area contributed by atoms with E-state index < -0.39 is 0 Å². The van der Waals surface area contributed by atoms with Crippen LogP contribution >= 0.6 is 0 Å². The Hall–Kier alpha value is -2.16. The molecule has 0 aliphatic heterocycles. The van der Waals surface area contributed by atoms with Gasteiger partial charge in [0.25, 0.3) is 0 Å². The highest BCUT2D eigenvalue weighted by Crippen LogP contribution is 2.18. The first-order chi connectivity index (χ1) is 9.15. The van der Waals surface area contributed by atoms with Crippen molar-refractivity contribution in [3.8, 4) is 0 Å². The van der Waals surface area contributed by atoms with Crippen LogP contribution in [0.1, 0.15) is 28.1 Å². The summed E-state index contributed by atoms with van der Waals surface area (Å²) in [7, 11) is 0. The lowest BCUT2D eigenvalue weighted by atomic mass is 10.1. The normalized spacial score (nSPS) is 11.1. The van der Waals surface area contributed by atoms with E-state index >= 15 is 0 Å². The van der Waals surface area contributed by atoms with Crippen LogP contribution in [0.25, 0.3) is 5.65 Å². The molecule has 0 aliphatic carbocycles. The van der Waals surface area contributed by atoms with Crippen molar-refractivity contribution in [1.82, 2.24) is 14.4 Å². The predicted molar refractivity (Wildman–Crippen MR) is 75.3 cm³/mol. The van der Waals surface area contributed by atoms with Crippen LogP contribution in [0.4, 0.5) is 0 Å². The van der Waals surface area contributed by atoms with E-state index in [2.05, 4.69) is 59.7 Å². The Morgan fingerprint density at radius 3 is 2.84 bits per heavy atom. The number of rotatable bonds is 2. The van der Waals surface area contributed by atoms with E-state index in [-0.39, 0.29) is 0 Å². The summed E-state index contributed by atoms with van der Waals surface area (Å²) in [6, 6.07) is 6.24. The van der Waals surface area contributed by atoms with E-state index in [0.29, 0.717) is 0 Å². The summed E-state index contributed by atoms with van der Waals surface area (Å²) in [6.07, 6.45) is 7.77. The highest BCUT2D eigenvalue weighted by Gasteiger charge is 2.10. The molecule has 0 atom stereocenters. The zero-order valence-electron chi connectivity index (χ0n) is 11.4. The van der Waals surface area contributed by atoms with Crippen LogP contribution in [0.15, 0.2) is 30.6 Å². The minimum Gasteiger partial charge on any atom is -0.303 e. The van der Waals surface area contributed by atoms with E-state index in [1.807, 2.05) is 6.07 Å². The minimum atomic E-state index is 0.815. The second-order valence-electron chi connectivity index (χ2n) is 4.97. The molecular weight excluding hydrogens is 234 g/mol. The van der Waals surface area contributed by atoms with Crippen molar-refractivity contribution < 1.29 is 0 Å². The van der Waals surface area contributed by atoms with Gasteiger partial charge >= 0.3 is 0 Å². The molecule has 3 heteroatoms. The number of imidazole rings is 1. The summed E-state index contributed by atoms with van der Waals surface area (Å²) < 4.78 is 2.16.